The fraction of sp³-hybridized carbons (Fsp3) is 0.350. The first-order valence-electron chi connectivity index (χ1n) is 8.94. The van der Waals surface area contributed by atoms with Crippen LogP contribution in [0.4, 0.5) is 0 Å². The molecule has 1 saturated heterocycles. The average molecular weight is 350 g/mol. The Hall–Kier alpha value is -2.57. The molecule has 26 heavy (non-hydrogen) atoms. The van der Waals surface area contributed by atoms with E-state index in [0.717, 1.165) is 44.6 Å². The second-order valence-corrected chi connectivity index (χ2v) is 6.55. The van der Waals surface area contributed by atoms with Crippen LogP contribution < -0.4 is 0 Å². The lowest BCUT2D eigenvalue weighted by Gasteiger charge is -2.25. The summed E-state index contributed by atoms with van der Waals surface area (Å²) >= 11 is 0. The molecule has 0 saturated carbocycles. The zero-order chi connectivity index (χ0) is 17.6. The Morgan fingerprint density at radius 1 is 1.04 bits per heavy atom. The zero-order valence-electron chi connectivity index (χ0n) is 14.6. The fourth-order valence-electron chi connectivity index (χ4n) is 3.24. The largest absolute Gasteiger partial charge is 0.461 e. The predicted octanol–water partition coefficient (Wildman–Crippen LogP) is 3.31. The van der Waals surface area contributed by atoms with Gasteiger partial charge >= 0.3 is 0 Å². The van der Waals surface area contributed by atoms with Gasteiger partial charge in [-0.1, -0.05) is 0 Å². The molecular formula is C20H22N4O2. The molecule has 0 spiro atoms. The lowest BCUT2D eigenvalue weighted by Crippen LogP contribution is -2.31. The van der Waals surface area contributed by atoms with Crippen molar-refractivity contribution in [1.82, 2.24) is 19.9 Å². The maximum atomic E-state index is 5.83. The minimum Gasteiger partial charge on any atom is -0.461 e. The van der Waals surface area contributed by atoms with E-state index in [-0.39, 0.29) is 0 Å². The third-order valence-electron chi connectivity index (χ3n) is 4.49. The Kier molecular flexibility index (Phi) is 5.33. The summed E-state index contributed by atoms with van der Waals surface area (Å²) in [6, 6.07) is 7.81. The molecule has 1 unspecified atom stereocenters. The predicted molar refractivity (Wildman–Crippen MR) is 97.1 cm³/mol. The number of nitrogens with zero attached hydrogens (tertiary/aromatic N) is 4. The van der Waals surface area contributed by atoms with Gasteiger partial charge in [-0.2, -0.15) is 0 Å². The van der Waals surface area contributed by atoms with E-state index >= 15 is 0 Å². The Morgan fingerprint density at radius 2 is 1.85 bits per heavy atom. The third kappa shape index (κ3) is 4.33. The standard InChI is InChI=1S/C20H22N4O2/c1-3-18(25-9-1)15-24(13-16-5-7-21-8-6-16)14-17-11-22-20(23-12-17)19-4-2-10-26-19/h2,4-8,10-12,18H,1,3,9,13-15H2. The molecule has 4 rings (SSSR count). The average Bonchev–Trinajstić information content (AvgIpc) is 3.37. The van der Waals surface area contributed by atoms with Crippen molar-refractivity contribution in [2.24, 2.45) is 0 Å². The van der Waals surface area contributed by atoms with E-state index in [4.69, 9.17) is 9.15 Å². The molecule has 3 aromatic rings. The number of rotatable bonds is 7. The van der Waals surface area contributed by atoms with E-state index in [0.29, 0.717) is 17.7 Å². The van der Waals surface area contributed by atoms with Crippen LogP contribution >= 0.6 is 0 Å². The first kappa shape index (κ1) is 16.9. The van der Waals surface area contributed by atoms with Gasteiger partial charge < -0.3 is 9.15 Å². The Labute approximate surface area is 152 Å². The molecule has 4 heterocycles. The number of furan rings is 1. The van der Waals surface area contributed by atoms with Gasteiger partial charge in [0.2, 0.25) is 0 Å². The van der Waals surface area contributed by atoms with E-state index in [1.165, 1.54) is 5.56 Å². The third-order valence-corrected chi connectivity index (χ3v) is 4.49. The molecule has 1 fully saturated rings. The highest BCUT2D eigenvalue weighted by Gasteiger charge is 2.20. The topological polar surface area (TPSA) is 64.3 Å². The van der Waals surface area contributed by atoms with Gasteiger partial charge in [-0.15, -0.1) is 0 Å². The summed E-state index contributed by atoms with van der Waals surface area (Å²) in [5, 5.41) is 0. The van der Waals surface area contributed by atoms with E-state index < -0.39 is 0 Å². The van der Waals surface area contributed by atoms with Gasteiger partial charge in [-0.3, -0.25) is 9.88 Å². The smallest absolute Gasteiger partial charge is 0.195 e. The van der Waals surface area contributed by atoms with Gasteiger partial charge in [0.05, 0.1) is 12.4 Å². The Balaban J connectivity index is 1.46. The van der Waals surface area contributed by atoms with Crippen LogP contribution in [0, 0.1) is 0 Å². The summed E-state index contributed by atoms with van der Waals surface area (Å²) in [6.45, 7) is 3.40. The van der Waals surface area contributed by atoms with Crippen molar-refractivity contribution >= 4 is 0 Å². The van der Waals surface area contributed by atoms with Gasteiger partial charge in [0.25, 0.3) is 0 Å². The molecule has 0 N–H and O–H groups in total. The van der Waals surface area contributed by atoms with Crippen LogP contribution in [0.3, 0.4) is 0 Å². The molecule has 134 valence electrons. The highest BCUT2D eigenvalue weighted by molar-refractivity contribution is 5.45. The number of hydrogen-bond acceptors (Lipinski definition) is 6. The van der Waals surface area contributed by atoms with E-state index in [1.54, 1.807) is 6.26 Å². The molecule has 6 nitrogen and oxygen atoms in total. The van der Waals surface area contributed by atoms with Crippen LogP contribution in [-0.2, 0) is 17.8 Å². The van der Waals surface area contributed by atoms with Crippen LogP contribution in [0.2, 0.25) is 0 Å². The first-order valence-corrected chi connectivity index (χ1v) is 8.94. The van der Waals surface area contributed by atoms with Crippen molar-refractivity contribution in [1.29, 1.82) is 0 Å². The van der Waals surface area contributed by atoms with Crippen molar-refractivity contribution in [2.75, 3.05) is 13.2 Å². The molecule has 0 bridgehead atoms. The molecule has 0 aliphatic carbocycles. The molecule has 6 heteroatoms. The summed E-state index contributed by atoms with van der Waals surface area (Å²) in [5.74, 6) is 1.29. The van der Waals surface area contributed by atoms with Crippen molar-refractivity contribution in [3.8, 4) is 11.6 Å². The first-order chi connectivity index (χ1) is 12.9. The van der Waals surface area contributed by atoms with Crippen molar-refractivity contribution < 1.29 is 9.15 Å². The summed E-state index contributed by atoms with van der Waals surface area (Å²) < 4.78 is 11.2. The normalized spacial score (nSPS) is 17.0. The van der Waals surface area contributed by atoms with Crippen LogP contribution in [-0.4, -0.2) is 39.1 Å². The van der Waals surface area contributed by atoms with Crippen molar-refractivity contribution in [3.63, 3.8) is 0 Å². The number of ether oxygens (including phenoxy) is 1. The molecule has 1 atom stereocenters. The van der Waals surface area contributed by atoms with Gasteiger partial charge in [-0.25, -0.2) is 9.97 Å². The van der Waals surface area contributed by atoms with E-state index in [2.05, 4.69) is 32.0 Å². The van der Waals surface area contributed by atoms with Gasteiger partial charge in [0.15, 0.2) is 11.6 Å². The van der Waals surface area contributed by atoms with Gasteiger partial charge in [-0.05, 0) is 42.7 Å². The Bertz CT molecular complexity index is 784. The molecule has 1 aliphatic heterocycles. The molecule has 0 amide bonds. The molecule has 3 aromatic heterocycles. The van der Waals surface area contributed by atoms with Gasteiger partial charge in [0.1, 0.15) is 0 Å². The lowest BCUT2D eigenvalue weighted by atomic mass is 10.2. The fourth-order valence-corrected chi connectivity index (χ4v) is 3.24. The van der Waals surface area contributed by atoms with Crippen LogP contribution in [0.5, 0.6) is 0 Å². The maximum Gasteiger partial charge on any atom is 0.195 e. The number of pyridine rings is 1. The summed E-state index contributed by atoms with van der Waals surface area (Å²) in [6.07, 6.45) is 11.6. The maximum absolute atomic E-state index is 5.83. The van der Waals surface area contributed by atoms with Crippen molar-refractivity contribution in [2.45, 2.75) is 32.0 Å². The highest BCUT2D eigenvalue weighted by atomic mass is 16.5. The van der Waals surface area contributed by atoms with Crippen LogP contribution in [0.1, 0.15) is 24.0 Å². The van der Waals surface area contributed by atoms with E-state index in [1.807, 2.05) is 36.9 Å². The summed E-state index contributed by atoms with van der Waals surface area (Å²) in [4.78, 5) is 15.4. The second-order valence-electron chi connectivity index (χ2n) is 6.55. The van der Waals surface area contributed by atoms with Gasteiger partial charge in [0, 0.05) is 56.6 Å². The monoisotopic (exact) mass is 350 g/mol. The number of aromatic nitrogens is 3. The lowest BCUT2D eigenvalue weighted by molar-refractivity contribution is 0.0678. The SMILES string of the molecule is c1coc(-c2ncc(CN(Cc3ccncc3)CC3CCCO3)cn2)c1. The zero-order valence-corrected chi connectivity index (χ0v) is 14.6. The molecule has 1 aliphatic rings. The minimum atomic E-state index is 0.306. The summed E-state index contributed by atoms with van der Waals surface area (Å²) in [5.41, 5.74) is 2.32. The van der Waals surface area contributed by atoms with Crippen LogP contribution in [0.15, 0.2) is 59.7 Å². The quantitative estimate of drug-likeness (QED) is 0.651. The summed E-state index contributed by atoms with van der Waals surface area (Å²) in [7, 11) is 0. The second kappa shape index (κ2) is 8.21. The number of hydrogen-bond donors (Lipinski definition) is 0. The molecule has 0 radical (unpaired) electrons. The highest BCUT2D eigenvalue weighted by Crippen LogP contribution is 2.18. The minimum absolute atomic E-state index is 0.306. The van der Waals surface area contributed by atoms with Crippen molar-refractivity contribution in [3.05, 3.63) is 66.4 Å². The Morgan fingerprint density at radius 3 is 2.54 bits per heavy atom. The van der Waals surface area contributed by atoms with Crippen LogP contribution in [0.25, 0.3) is 11.6 Å². The van der Waals surface area contributed by atoms with E-state index in [9.17, 15) is 0 Å². The molecular weight excluding hydrogens is 328 g/mol. The molecule has 0 aromatic carbocycles.